The molecule has 0 aromatic heterocycles. The zero-order valence-electron chi connectivity index (χ0n) is 13.2. The van der Waals surface area contributed by atoms with E-state index >= 15 is 0 Å². The van der Waals surface area contributed by atoms with Crippen molar-refractivity contribution in [3.63, 3.8) is 0 Å². The van der Waals surface area contributed by atoms with Crippen LogP contribution in [0.1, 0.15) is 18.4 Å². The number of hydrogen-bond donors (Lipinski definition) is 1. The van der Waals surface area contributed by atoms with Gasteiger partial charge in [-0.15, -0.1) is 0 Å². The van der Waals surface area contributed by atoms with E-state index in [2.05, 4.69) is 5.32 Å². The third-order valence-corrected chi connectivity index (χ3v) is 5.29. The van der Waals surface area contributed by atoms with Gasteiger partial charge in [-0.2, -0.15) is 0 Å². The third kappa shape index (κ3) is 4.65. The van der Waals surface area contributed by atoms with Crippen molar-refractivity contribution in [3.8, 4) is 5.75 Å². The Morgan fingerprint density at radius 1 is 1.39 bits per heavy atom. The minimum absolute atomic E-state index is 0.149. The van der Waals surface area contributed by atoms with Gasteiger partial charge in [-0.3, -0.25) is 4.79 Å². The van der Waals surface area contributed by atoms with Gasteiger partial charge in [-0.05, 0) is 31.0 Å². The summed E-state index contributed by atoms with van der Waals surface area (Å²) in [4.78, 5) is 12.2. The van der Waals surface area contributed by atoms with Crippen LogP contribution in [0.5, 0.6) is 5.75 Å². The lowest BCUT2D eigenvalue weighted by molar-refractivity contribution is -0.126. The number of sulfonamides is 1. The SMILES string of the molecule is COc1ccc(F)cc1CNC(=O)C1CCN(S(C)(=O)=O)CC1. The highest BCUT2D eigenvalue weighted by atomic mass is 32.2. The quantitative estimate of drug-likeness (QED) is 0.869. The van der Waals surface area contributed by atoms with Gasteiger partial charge in [-0.1, -0.05) is 0 Å². The number of hydrogen-bond acceptors (Lipinski definition) is 4. The maximum absolute atomic E-state index is 13.3. The molecular weight excluding hydrogens is 323 g/mol. The highest BCUT2D eigenvalue weighted by Gasteiger charge is 2.28. The van der Waals surface area contributed by atoms with Crippen LogP contribution in [0.3, 0.4) is 0 Å². The largest absolute Gasteiger partial charge is 0.496 e. The number of piperidine rings is 1. The predicted octanol–water partition coefficient (Wildman–Crippen LogP) is 1.12. The standard InChI is InChI=1S/C15H21FN2O4S/c1-22-14-4-3-13(16)9-12(14)10-17-15(19)11-5-7-18(8-6-11)23(2,20)21/h3-4,9,11H,5-8,10H2,1-2H3,(H,17,19). The molecule has 1 aliphatic rings. The zero-order valence-corrected chi connectivity index (χ0v) is 14.0. The molecule has 8 heteroatoms. The molecule has 0 spiro atoms. The Morgan fingerprint density at radius 2 is 2.04 bits per heavy atom. The summed E-state index contributed by atoms with van der Waals surface area (Å²) < 4.78 is 42.7. The summed E-state index contributed by atoms with van der Waals surface area (Å²) in [5, 5.41) is 2.77. The molecule has 1 saturated heterocycles. The normalized spacial score (nSPS) is 17.0. The van der Waals surface area contributed by atoms with E-state index in [0.29, 0.717) is 37.2 Å². The maximum Gasteiger partial charge on any atom is 0.223 e. The molecule has 0 radical (unpaired) electrons. The third-order valence-electron chi connectivity index (χ3n) is 3.99. The van der Waals surface area contributed by atoms with E-state index in [4.69, 9.17) is 4.74 Å². The highest BCUT2D eigenvalue weighted by molar-refractivity contribution is 7.88. The van der Waals surface area contributed by atoms with E-state index in [9.17, 15) is 17.6 Å². The molecule has 2 rings (SSSR count). The van der Waals surface area contributed by atoms with Crippen LogP contribution in [0.15, 0.2) is 18.2 Å². The lowest BCUT2D eigenvalue weighted by Crippen LogP contribution is -2.42. The second-order valence-electron chi connectivity index (χ2n) is 5.61. The van der Waals surface area contributed by atoms with Gasteiger partial charge in [-0.25, -0.2) is 17.1 Å². The van der Waals surface area contributed by atoms with E-state index < -0.39 is 15.8 Å². The molecule has 1 aromatic carbocycles. The summed E-state index contributed by atoms with van der Waals surface area (Å²) in [6, 6.07) is 4.14. The van der Waals surface area contributed by atoms with Crippen LogP contribution in [-0.2, 0) is 21.4 Å². The van der Waals surface area contributed by atoms with Crippen molar-refractivity contribution < 1.29 is 22.3 Å². The highest BCUT2D eigenvalue weighted by Crippen LogP contribution is 2.21. The summed E-state index contributed by atoms with van der Waals surface area (Å²) in [7, 11) is -1.72. The second kappa shape index (κ2) is 7.27. The van der Waals surface area contributed by atoms with Crippen LogP contribution >= 0.6 is 0 Å². The van der Waals surface area contributed by atoms with Crippen molar-refractivity contribution in [2.75, 3.05) is 26.5 Å². The fraction of sp³-hybridized carbons (Fsp3) is 0.533. The first-order valence-electron chi connectivity index (χ1n) is 7.36. The molecule has 23 heavy (non-hydrogen) atoms. The van der Waals surface area contributed by atoms with E-state index in [0.717, 1.165) is 0 Å². The molecule has 1 heterocycles. The van der Waals surface area contributed by atoms with Crippen LogP contribution in [0.25, 0.3) is 0 Å². The average molecular weight is 344 g/mol. The Labute approximate surface area is 135 Å². The molecule has 0 atom stereocenters. The Balaban J connectivity index is 1.90. The molecule has 1 amide bonds. The van der Waals surface area contributed by atoms with Gasteiger partial charge in [0.15, 0.2) is 0 Å². The molecule has 128 valence electrons. The Morgan fingerprint density at radius 3 is 2.61 bits per heavy atom. The van der Waals surface area contributed by atoms with Crippen LogP contribution in [0.4, 0.5) is 4.39 Å². The number of ether oxygens (including phenoxy) is 1. The van der Waals surface area contributed by atoms with E-state index in [1.165, 1.54) is 35.9 Å². The molecule has 1 aromatic rings. The van der Waals surface area contributed by atoms with Crippen LogP contribution in [0.2, 0.25) is 0 Å². The fourth-order valence-electron chi connectivity index (χ4n) is 2.66. The van der Waals surface area contributed by atoms with Crippen molar-refractivity contribution in [2.24, 2.45) is 5.92 Å². The van der Waals surface area contributed by atoms with Crippen LogP contribution in [0, 0.1) is 11.7 Å². The van der Waals surface area contributed by atoms with Crippen molar-refractivity contribution in [1.82, 2.24) is 9.62 Å². The molecule has 0 saturated carbocycles. The maximum atomic E-state index is 13.3. The summed E-state index contributed by atoms with van der Waals surface area (Å²) in [5.74, 6) is -0.257. The van der Waals surface area contributed by atoms with E-state index in [-0.39, 0.29) is 18.4 Å². The van der Waals surface area contributed by atoms with E-state index in [1.54, 1.807) is 0 Å². The van der Waals surface area contributed by atoms with Crippen LogP contribution in [-0.4, -0.2) is 45.1 Å². The number of methoxy groups -OCH3 is 1. The van der Waals surface area contributed by atoms with Gasteiger partial charge in [0.2, 0.25) is 15.9 Å². The van der Waals surface area contributed by atoms with Gasteiger partial charge >= 0.3 is 0 Å². The number of carbonyl (C=O) groups excluding carboxylic acids is 1. The first-order chi connectivity index (χ1) is 10.8. The Bertz CT molecular complexity index is 670. The van der Waals surface area contributed by atoms with Crippen molar-refractivity contribution >= 4 is 15.9 Å². The van der Waals surface area contributed by atoms with E-state index in [1.807, 2.05) is 0 Å². The monoisotopic (exact) mass is 344 g/mol. The molecule has 0 aliphatic carbocycles. The lowest BCUT2D eigenvalue weighted by Gasteiger charge is -2.29. The topological polar surface area (TPSA) is 75.7 Å². The first-order valence-corrected chi connectivity index (χ1v) is 9.21. The van der Waals surface area contributed by atoms with Crippen molar-refractivity contribution in [2.45, 2.75) is 19.4 Å². The van der Waals surface area contributed by atoms with Crippen LogP contribution < -0.4 is 10.1 Å². The van der Waals surface area contributed by atoms with Gasteiger partial charge in [0.05, 0.1) is 13.4 Å². The molecule has 1 fully saturated rings. The van der Waals surface area contributed by atoms with Crippen molar-refractivity contribution in [1.29, 1.82) is 0 Å². The number of amides is 1. The Kier molecular flexibility index (Phi) is 5.59. The second-order valence-corrected chi connectivity index (χ2v) is 7.59. The summed E-state index contributed by atoms with van der Waals surface area (Å²) >= 11 is 0. The van der Waals surface area contributed by atoms with Crippen molar-refractivity contribution in [3.05, 3.63) is 29.6 Å². The van der Waals surface area contributed by atoms with Gasteiger partial charge in [0, 0.05) is 31.1 Å². The lowest BCUT2D eigenvalue weighted by atomic mass is 9.97. The van der Waals surface area contributed by atoms with Gasteiger partial charge < -0.3 is 10.1 Å². The number of rotatable bonds is 5. The predicted molar refractivity (Wildman–Crippen MR) is 83.9 cm³/mol. The molecular formula is C15H21FN2O4S. The minimum Gasteiger partial charge on any atom is -0.496 e. The zero-order chi connectivity index (χ0) is 17.0. The smallest absolute Gasteiger partial charge is 0.223 e. The molecule has 6 nitrogen and oxygen atoms in total. The molecule has 1 N–H and O–H groups in total. The Hall–Kier alpha value is -1.67. The molecule has 0 unspecified atom stereocenters. The number of nitrogens with zero attached hydrogens (tertiary/aromatic N) is 1. The fourth-order valence-corrected chi connectivity index (χ4v) is 3.54. The van der Waals surface area contributed by atoms with Gasteiger partial charge in [0.1, 0.15) is 11.6 Å². The first kappa shape index (κ1) is 17.7. The number of halogens is 1. The summed E-state index contributed by atoms with van der Waals surface area (Å²) in [5.41, 5.74) is 0.564. The summed E-state index contributed by atoms with van der Waals surface area (Å²) in [6.07, 6.45) is 2.14. The molecule has 0 bridgehead atoms. The number of benzene rings is 1. The number of nitrogens with one attached hydrogen (secondary N) is 1. The summed E-state index contributed by atoms with van der Waals surface area (Å²) in [6.45, 7) is 0.868. The molecule has 1 aliphatic heterocycles. The average Bonchev–Trinajstić information content (AvgIpc) is 2.52. The minimum atomic E-state index is -3.20. The van der Waals surface area contributed by atoms with Gasteiger partial charge in [0.25, 0.3) is 0 Å². The number of carbonyl (C=O) groups is 1.